The number of rotatable bonds is 4. The minimum absolute atomic E-state index is 0.673. The smallest absolute Gasteiger partial charge is 0.0106 e. The summed E-state index contributed by atoms with van der Waals surface area (Å²) in [5.74, 6) is 0.673. The third-order valence-corrected chi connectivity index (χ3v) is 2.58. The van der Waals surface area contributed by atoms with Crippen molar-refractivity contribution in [3.05, 3.63) is 35.7 Å². The van der Waals surface area contributed by atoms with Crippen LogP contribution in [0.3, 0.4) is 0 Å². The molecular weight excluding hydrogens is 170 g/mol. The molecule has 0 radical (unpaired) electrons. The van der Waals surface area contributed by atoms with Gasteiger partial charge < -0.3 is 4.57 Å². The average Bonchev–Trinajstić information content (AvgIpc) is 2.51. The summed E-state index contributed by atoms with van der Waals surface area (Å²) in [6, 6.07) is 2.22. The molecular formula is C13H21N. The SMILES string of the molecule is CC(C)=CCCC(C)c1ccn(C)c1. The molecule has 0 saturated carbocycles. The number of allylic oxidation sites excluding steroid dienone is 2. The first kappa shape index (κ1) is 11.1. The highest BCUT2D eigenvalue weighted by Gasteiger charge is 2.04. The maximum atomic E-state index is 2.32. The van der Waals surface area contributed by atoms with E-state index < -0.39 is 0 Å². The normalized spacial score (nSPS) is 12.6. The van der Waals surface area contributed by atoms with Gasteiger partial charge in [0.2, 0.25) is 0 Å². The van der Waals surface area contributed by atoms with Gasteiger partial charge in [0.1, 0.15) is 0 Å². The molecule has 1 heterocycles. The molecule has 0 fully saturated rings. The van der Waals surface area contributed by atoms with Crippen LogP contribution in [0.5, 0.6) is 0 Å². The Bertz CT molecular complexity index is 303. The predicted molar refractivity (Wildman–Crippen MR) is 62.5 cm³/mol. The zero-order chi connectivity index (χ0) is 10.6. The van der Waals surface area contributed by atoms with Gasteiger partial charge >= 0.3 is 0 Å². The van der Waals surface area contributed by atoms with Gasteiger partial charge in [0.25, 0.3) is 0 Å². The first-order chi connectivity index (χ1) is 6.59. The largest absolute Gasteiger partial charge is 0.357 e. The monoisotopic (exact) mass is 191 g/mol. The first-order valence-corrected chi connectivity index (χ1v) is 5.35. The lowest BCUT2D eigenvalue weighted by atomic mass is 9.98. The van der Waals surface area contributed by atoms with Crippen molar-refractivity contribution in [1.82, 2.24) is 4.57 Å². The number of aromatic nitrogens is 1. The van der Waals surface area contributed by atoms with Crippen LogP contribution in [-0.4, -0.2) is 4.57 Å². The fourth-order valence-electron chi connectivity index (χ4n) is 1.61. The Balaban J connectivity index is 2.43. The molecule has 1 aromatic heterocycles. The van der Waals surface area contributed by atoms with Crippen molar-refractivity contribution in [1.29, 1.82) is 0 Å². The van der Waals surface area contributed by atoms with Gasteiger partial charge in [0.15, 0.2) is 0 Å². The van der Waals surface area contributed by atoms with Gasteiger partial charge in [0.05, 0.1) is 0 Å². The fraction of sp³-hybridized carbons (Fsp3) is 0.538. The number of hydrogen-bond acceptors (Lipinski definition) is 0. The van der Waals surface area contributed by atoms with Crippen LogP contribution in [0.15, 0.2) is 30.1 Å². The van der Waals surface area contributed by atoms with E-state index in [1.54, 1.807) is 0 Å². The van der Waals surface area contributed by atoms with Crippen LogP contribution in [0.2, 0.25) is 0 Å². The second-order valence-electron chi connectivity index (χ2n) is 4.37. The van der Waals surface area contributed by atoms with Gasteiger partial charge in [-0.3, -0.25) is 0 Å². The van der Waals surface area contributed by atoms with E-state index >= 15 is 0 Å². The molecule has 0 aliphatic carbocycles. The summed E-state index contributed by atoms with van der Waals surface area (Å²) in [4.78, 5) is 0. The van der Waals surface area contributed by atoms with Crippen LogP contribution in [-0.2, 0) is 7.05 Å². The highest BCUT2D eigenvalue weighted by atomic mass is 14.9. The maximum absolute atomic E-state index is 2.32. The van der Waals surface area contributed by atoms with Crippen molar-refractivity contribution in [3.63, 3.8) is 0 Å². The highest BCUT2D eigenvalue weighted by molar-refractivity contribution is 5.15. The van der Waals surface area contributed by atoms with Crippen LogP contribution >= 0.6 is 0 Å². The molecule has 0 spiro atoms. The molecule has 1 atom stereocenters. The second-order valence-corrected chi connectivity index (χ2v) is 4.37. The Morgan fingerprint density at radius 1 is 1.50 bits per heavy atom. The van der Waals surface area contributed by atoms with Crippen LogP contribution in [0.1, 0.15) is 45.1 Å². The minimum atomic E-state index is 0.673. The minimum Gasteiger partial charge on any atom is -0.357 e. The Kier molecular flexibility index (Phi) is 3.99. The number of hydrogen-bond donors (Lipinski definition) is 0. The summed E-state index contributed by atoms with van der Waals surface area (Å²) in [5.41, 5.74) is 2.87. The van der Waals surface area contributed by atoms with Crippen molar-refractivity contribution in [2.45, 2.75) is 39.5 Å². The van der Waals surface area contributed by atoms with E-state index in [2.05, 4.69) is 56.9 Å². The molecule has 78 valence electrons. The molecule has 1 heteroatoms. The standard InChI is InChI=1S/C13H21N/c1-11(2)6-5-7-12(3)13-8-9-14(4)10-13/h6,8-10,12H,5,7H2,1-4H3. The van der Waals surface area contributed by atoms with Gasteiger partial charge in [-0.1, -0.05) is 18.6 Å². The van der Waals surface area contributed by atoms with E-state index in [9.17, 15) is 0 Å². The Morgan fingerprint density at radius 3 is 2.71 bits per heavy atom. The molecule has 0 aliphatic heterocycles. The summed E-state index contributed by atoms with van der Waals surface area (Å²) < 4.78 is 2.12. The van der Waals surface area contributed by atoms with Crippen LogP contribution in [0.25, 0.3) is 0 Å². The third-order valence-electron chi connectivity index (χ3n) is 2.58. The Hall–Kier alpha value is -0.980. The fourth-order valence-corrected chi connectivity index (χ4v) is 1.61. The molecule has 0 amide bonds. The summed E-state index contributed by atoms with van der Waals surface area (Å²) in [6.07, 6.45) is 9.09. The third kappa shape index (κ3) is 3.41. The van der Waals surface area contributed by atoms with Gasteiger partial charge in [-0.15, -0.1) is 0 Å². The van der Waals surface area contributed by atoms with E-state index in [1.807, 2.05) is 0 Å². The van der Waals surface area contributed by atoms with Crippen molar-refractivity contribution in [2.24, 2.45) is 7.05 Å². The number of aryl methyl sites for hydroxylation is 1. The molecule has 1 nitrogen and oxygen atoms in total. The van der Waals surface area contributed by atoms with Gasteiger partial charge in [-0.2, -0.15) is 0 Å². The zero-order valence-corrected chi connectivity index (χ0v) is 9.75. The van der Waals surface area contributed by atoms with Crippen molar-refractivity contribution in [3.8, 4) is 0 Å². The molecule has 0 bridgehead atoms. The van der Waals surface area contributed by atoms with E-state index in [0.717, 1.165) is 0 Å². The lowest BCUT2D eigenvalue weighted by Crippen LogP contribution is -1.91. The van der Waals surface area contributed by atoms with Gasteiger partial charge in [-0.05, 0) is 44.2 Å². The van der Waals surface area contributed by atoms with Crippen LogP contribution in [0, 0.1) is 0 Å². The second kappa shape index (κ2) is 5.04. The zero-order valence-electron chi connectivity index (χ0n) is 9.75. The predicted octanol–water partition coefficient (Wildman–Crippen LogP) is 3.88. The Labute approximate surface area is 87.4 Å². The summed E-state index contributed by atoms with van der Waals surface area (Å²) in [6.45, 7) is 6.62. The molecule has 1 unspecified atom stereocenters. The first-order valence-electron chi connectivity index (χ1n) is 5.35. The molecule has 0 aliphatic rings. The molecule has 1 rings (SSSR count). The van der Waals surface area contributed by atoms with Crippen LogP contribution in [0.4, 0.5) is 0 Å². The van der Waals surface area contributed by atoms with Crippen molar-refractivity contribution >= 4 is 0 Å². The molecule has 0 aromatic carbocycles. The molecule has 1 aromatic rings. The van der Waals surface area contributed by atoms with E-state index in [-0.39, 0.29) is 0 Å². The molecule has 14 heavy (non-hydrogen) atoms. The topological polar surface area (TPSA) is 4.93 Å². The van der Waals surface area contributed by atoms with E-state index in [4.69, 9.17) is 0 Å². The van der Waals surface area contributed by atoms with Crippen LogP contribution < -0.4 is 0 Å². The molecule has 0 saturated heterocycles. The Morgan fingerprint density at radius 2 is 2.21 bits per heavy atom. The lowest BCUT2D eigenvalue weighted by molar-refractivity contribution is 0.687. The summed E-state index contributed by atoms with van der Waals surface area (Å²) in [5, 5.41) is 0. The van der Waals surface area contributed by atoms with Crippen molar-refractivity contribution < 1.29 is 0 Å². The van der Waals surface area contributed by atoms with E-state index in [0.29, 0.717) is 5.92 Å². The summed E-state index contributed by atoms with van der Waals surface area (Å²) in [7, 11) is 2.08. The van der Waals surface area contributed by atoms with Gasteiger partial charge in [-0.25, -0.2) is 0 Å². The lowest BCUT2D eigenvalue weighted by Gasteiger charge is -2.07. The number of nitrogens with zero attached hydrogens (tertiary/aromatic N) is 1. The van der Waals surface area contributed by atoms with Gasteiger partial charge in [0, 0.05) is 19.4 Å². The summed E-state index contributed by atoms with van der Waals surface area (Å²) >= 11 is 0. The van der Waals surface area contributed by atoms with Crippen molar-refractivity contribution in [2.75, 3.05) is 0 Å². The quantitative estimate of drug-likeness (QED) is 0.637. The maximum Gasteiger partial charge on any atom is 0.0106 e. The van der Waals surface area contributed by atoms with E-state index in [1.165, 1.54) is 24.0 Å². The highest BCUT2D eigenvalue weighted by Crippen LogP contribution is 2.20. The molecule has 0 N–H and O–H groups in total. The average molecular weight is 191 g/mol.